The summed E-state index contributed by atoms with van der Waals surface area (Å²) < 4.78 is 0.620. The second kappa shape index (κ2) is 5.07. The molecule has 0 aromatic rings. The van der Waals surface area contributed by atoms with E-state index in [0.29, 0.717) is 4.32 Å². The predicted molar refractivity (Wildman–Crippen MR) is 35.3 cm³/mol. The fourth-order valence-electron chi connectivity index (χ4n) is 0. The van der Waals surface area contributed by atoms with E-state index < -0.39 is 0 Å². The van der Waals surface area contributed by atoms with E-state index in [1.54, 1.807) is 4.90 Å². The summed E-state index contributed by atoms with van der Waals surface area (Å²) in [4.78, 5) is 1.76. The zero-order chi connectivity index (χ0) is 5.15. The summed E-state index contributed by atoms with van der Waals surface area (Å²) in [6.45, 7) is 0. The van der Waals surface area contributed by atoms with Crippen molar-refractivity contribution in [1.29, 1.82) is 0 Å². The maximum atomic E-state index is 4.61. The quantitative estimate of drug-likeness (QED) is 0.520. The first-order chi connectivity index (χ1) is 2.64. The van der Waals surface area contributed by atoms with Crippen LogP contribution < -0.4 is 0 Å². The number of hydrogen-bond acceptors (Lipinski definition) is 1. The van der Waals surface area contributed by atoms with Crippen LogP contribution in [0, 0.1) is 0 Å². The van der Waals surface area contributed by atoms with Crippen LogP contribution in [0.2, 0.25) is 0 Å². The summed E-state index contributed by atoms with van der Waals surface area (Å²) in [5.41, 5.74) is 0. The first-order valence-electron chi connectivity index (χ1n) is 1.55. The molecular formula is C3H7NS2W. The zero-order valence-corrected chi connectivity index (χ0v) is 8.86. The Hall–Kier alpha value is 0.928. The van der Waals surface area contributed by atoms with Gasteiger partial charge in [0.2, 0.25) is 0 Å². The van der Waals surface area contributed by atoms with Crippen LogP contribution in [-0.4, -0.2) is 23.3 Å². The van der Waals surface area contributed by atoms with Gasteiger partial charge in [0, 0.05) is 35.2 Å². The van der Waals surface area contributed by atoms with E-state index in [4.69, 9.17) is 0 Å². The van der Waals surface area contributed by atoms with Gasteiger partial charge in [-0.05, 0) is 0 Å². The first-order valence-corrected chi connectivity index (χ1v) is 2.40. The third kappa shape index (κ3) is 6.93. The molecule has 0 spiro atoms. The predicted octanol–water partition coefficient (Wildman–Crippen LogP) is 0.760. The molecule has 0 rings (SSSR count). The van der Waals surface area contributed by atoms with Crippen molar-refractivity contribution in [1.82, 2.24) is 4.90 Å². The number of rotatable bonds is 0. The average molecular weight is 305 g/mol. The molecule has 0 N–H and O–H groups in total. The Labute approximate surface area is 69.1 Å². The van der Waals surface area contributed by atoms with Gasteiger partial charge in [-0.25, -0.2) is 0 Å². The fraction of sp³-hybridized carbons (Fsp3) is 0.667. The Morgan fingerprint density at radius 2 is 1.71 bits per heavy atom. The normalized spacial score (nSPS) is 6.71. The van der Waals surface area contributed by atoms with Crippen molar-refractivity contribution in [2.45, 2.75) is 0 Å². The minimum atomic E-state index is 0. The minimum absolute atomic E-state index is 0. The molecule has 0 amide bonds. The van der Waals surface area contributed by atoms with Gasteiger partial charge in [0.25, 0.3) is 0 Å². The molecule has 0 aliphatic rings. The molecule has 0 fully saturated rings. The van der Waals surface area contributed by atoms with Crippen LogP contribution in [0.1, 0.15) is 0 Å². The summed E-state index contributed by atoms with van der Waals surface area (Å²) in [6.07, 6.45) is 0. The number of nitrogens with zero attached hydrogens (tertiary/aromatic N) is 1. The topological polar surface area (TPSA) is 3.24 Å². The summed E-state index contributed by atoms with van der Waals surface area (Å²) in [7, 11) is 3.71. The fourth-order valence-corrected chi connectivity index (χ4v) is 0. The molecule has 4 heteroatoms. The van der Waals surface area contributed by atoms with Gasteiger partial charge in [-0.1, -0.05) is 12.2 Å². The van der Waals surface area contributed by atoms with Gasteiger partial charge in [-0.3, -0.25) is 0 Å². The molecule has 0 atom stereocenters. The van der Waals surface area contributed by atoms with Crippen molar-refractivity contribution in [2.75, 3.05) is 14.1 Å². The maximum absolute atomic E-state index is 4.61. The van der Waals surface area contributed by atoms with Gasteiger partial charge in [0.05, 0.1) is 0 Å². The average Bonchev–Trinajstić information content (AvgIpc) is 1.36. The standard InChI is InChI=1S/C3H7NS2.W/c1-4(2)3(5)6;/h1-2H3,(H,5,6);. The molecule has 0 aliphatic heterocycles. The van der Waals surface area contributed by atoms with Crippen LogP contribution >= 0.6 is 24.8 Å². The van der Waals surface area contributed by atoms with Crippen LogP contribution in [0.3, 0.4) is 0 Å². The Morgan fingerprint density at radius 1 is 1.57 bits per heavy atom. The third-order valence-corrected chi connectivity index (χ3v) is 1.15. The molecule has 0 heterocycles. The Bertz CT molecular complexity index is 64.0. The second-order valence-electron chi connectivity index (χ2n) is 1.18. The third-order valence-electron chi connectivity index (χ3n) is 0.383. The van der Waals surface area contributed by atoms with Gasteiger partial charge < -0.3 is 4.90 Å². The molecule has 42 valence electrons. The molecule has 0 aromatic carbocycles. The van der Waals surface area contributed by atoms with Crippen LogP contribution in [0.15, 0.2) is 0 Å². The first kappa shape index (κ1) is 10.8. The molecule has 0 radical (unpaired) electrons. The Balaban J connectivity index is 0. The molecule has 0 aliphatic carbocycles. The molecule has 0 saturated heterocycles. The van der Waals surface area contributed by atoms with Crippen molar-refractivity contribution >= 4 is 29.2 Å². The van der Waals surface area contributed by atoms with E-state index in [2.05, 4.69) is 24.8 Å². The smallest absolute Gasteiger partial charge is 0.132 e. The zero-order valence-electron chi connectivity index (χ0n) is 4.21. The Kier molecular flexibility index (Phi) is 7.85. The summed E-state index contributed by atoms with van der Waals surface area (Å²) in [5, 5.41) is 0. The number of hydrogen-bond donors (Lipinski definition) is 1. The van der Waals surface area contributed by atoms with E-state index in [9.17, 15) is 0 Å². The van der Waals surface area contributed by atoms with Gasteiger partial charge >= 0.3 is 0 Å². The van der Waals surface area contributed by atoms with Crippen molar-refractivity contribution < 1.29 is 21.1 Å². The second-order valence-corrected chi connectivity index (χ2v) is 2.29. The van der Waals surface area contributed by atoms with Crippen LogP contribution in [0.5, 0.6) is 0 Å². The molecule has 0 bridgehead atoms. The van der Waals surface area contributed by atoms with Crippen LogP contribution in [0.25, 0.3) is 0 Å². The van der Waals surface area contributed by atoms with E-state index >= 15 is 0 Å². The van der Waals surface area contributed by atoms with E-state index in [1.165, 1.54) is 0 Å². The van der Waals surface area contributed by atoms with Crippen molar-refractivity contribution in [2.24, 2.45) is 0 Å². The summed E-state index contributed by atoms with van der Waals surface area (Å²) in [6, 6.07) is 0. The van der Waals surface area contributed by atoms with Crippen LogP contribution in [0.4, 0.5) is 0 Å². The number of thiocarbonyl (C=S) groups is 1. The minimum Gasteiger partial charge on any atom is -0.364 e. The van der Waals surface area contributed by atoms with Gasteiger partial charge in [0.1, 0.15) is 4.32 Å². The summed E-state index contributed by atoms with van der Waals surface area (Å²) in [5.74, 6) is 0. The molecule has 0 unspecified atom stereocenters. The van der Waals surface area contributed by atoms with Crippen molar-refractivity contribution in [3.05, 3.63) is 0 Å². The molecule has 0 aromatic heterocycles. The van der Waals surface area contributed by atoms with Gasteiger partial charge in [-0.15, -0.1) is 12.6 Å². The van der Waals surface area contributed by atoms with Crippen LogP contribution in [-0.2, 0) is 21.1 Å². The van der Waals surface area contributed by atoms with E-state index in [1.807, 2.05) is 14.1 Å². The Morgan fingerprint density at radius 3 is 1.71 bits per heavy atom. The van der Waals surface area contributed by atoms with Gasteiger partial charge in [-0.2, -0.15) is 0 Å². The molecular weight excluding hydrogens is 298 g/mol. The van der Waals surface area contributed by atoms with Gasteiger partial charge in [0.15, 0.2) is 0 Å². The van der Waals surface area contributed by atoms with Crippen molar-refractivity contribution in [3.63, 3.8) is 0 Å². The largest absolute Gasteiger partial charge is 0.364 e. The van der Waals surface area contributed by atoms with Crippen molar-refractivity contribution in [3.8, 4) is 0 Å². The maximum Gasteiger partial charge on any atom is 0.132 e. The molecule has 1 nitrogen and oxygen atoms in total. The monoisotopic (exact) mass is 305 g/mol. The van der Waals surface area contributed by atoms with E-state index in [-0.39, 0.29) is 21.1 Å². The van der Waals surface area contributed by atoms with E-state index in [0.717, 1.165) is 0 Å². The summed E-state index contributed by atoms with van der Waals surface area (Å²) >= 11 is 8.46. The molecule has 0 saturated carbocycles. The SMILES string of the molecule is CN(C)C(=S)S.[W]. The molecule has 7 heavy (non-hydrogen) atoms. The number of thiol groups is 1.